The van der Waals surface area contributed by atoms with E-state index < -0.39 is 9.84 Å². The molecule has 0 fully saturated rings. The van der Waals surface area contributed by atoms with Crippen molar-refractivity contribution in [2.75, 3.05) is 11.5 Å². The summed E-state index contributed by atoms with van der Waals surface area (Å²) in [4.78, 5) is 0. The Balaban J connectivity index is 3.26. The lowest BCUT2D eigenvalue weighted by Crippen LogP contribution is -2.08. The summed E-state index contributed by atoms with van der Waals surface area (Å²) in [6.07, 6.45) is 6.75. The number of hydrogen-bond donors (Lipinski definition) is 0. The molecule has 0 aromatic heterocycles. The van der Waals surface area contributed by atoms with Crippen LogP contribution < -0.4 is 0 Å². The molecule has 0 rings (SSSR count). The highest BCUT2D eigenvalue weighted by atomic mass is 32.2. The molecule has 2 nitrogen and oxygen atoms in total. The first kappa shape index (κ1) is 12.9. The van der Waals surface area contributed by atoms with E-state index in [4.69, 9.17) is 0 Å². The summed E-state index contributed by atoms with van der Waals surface area (Å²) in [7, 11) is -2.82. The Morgan fingerprint density at radius 1 is 1.00 bits per heavy atom. The van der Waals surface area contributed by atoms with Crippen molar-refractivity contribution in [1.29, 1.82) is 0 Å². The molecule has 0 aliphatic rings. The minimum atomic E-state index is -2.82. The predicted molar refractivity (Wildman–Crippen MR) is 57.4 cm³/mol. The third-order valence-corrected chi connectivity index (χ3v) is 3.65. The van der Waals surface area contributed by atoms with E-state index in [2.05, 4.69) is 13.8 Å². The molecule has 0 aliphatic carbocycles. The van der Waals surface area contributed by atoms with E-state index >= 15 is 0 Å². The first-order chi connectivity index (χ1) is 6.12. The van der Waals surface area contributed by atoms with Crippen molar-refractivity contribution in [1.82, 2.24) is 0 Å². The highest BCUT2D eigenvalue weighted by Crippen LogP contribution is 2.06. The highest BCUT2D eigenvalue weighted by molar-refractivity contribution is 7.91. The minimum absolute atomic E-state index is 0.0436. The fraction of sp³-hybridized carbons (Fsp3) is 0.900. The van der Waals surface area contributed by atoms with Crippen LogP contribution in [0, 0.1) is 6.92 Å². The molecule has 0 aromatic carbocycles. The van der Waals surface area contributed by atoms with Gasteiger partial charge in [0.25, 0.3) is 0 Å². The number of hydrogen-bond acceptors (Lipinski definition) is 2. The standard InChI is InChI=1S/C10H21O2S/c1-3-5-6-7-8-9-10-13(11,12)4-2/h2-10H2,1H3. The lowest BCUT2D eigenvalue weighted by atomic mass is 10.1. The van der Waals surface area contributed by atoms with Crippen molar-refractivity contribution in [3.05, 3.63) is 6.92 Å². The average Bonchev–Trinajstić information content (AvgIpc) is 2.11. The summed E-state index contributed by atoms with van der Waals surface area (Å²) in [5, 5.41) is 0. The molecule has 0 bridgehead atoms. The fourth-order valence-electron chi connectivity index (χ4n) is 1.20. The number of sulfone groups is 1. The van der Waals surface area contributed by atoms with Gasteiger partial charge in [-0.25, -0.2) is 8.42 Å². The topological polar surface area (TPSA) is 34.1 Å². The third-order valence-electron chi connectivity index (χ3n) is 2.12. The van der Waals surface area contributed by atoms with Gasteiger partial charge in [-0.3, -0.25) is 0 Å². The predicted octanol–water partition coefficient (Wildman–Crippen LogP) is 2.60. The van der Waals surface area contributed by atoms with Gasteiger partial charge in [-0.1, -0.05) is 39.0 Å². The molecule has 0 atom stereocenters. The maximum Gasteiger partial charge on any atom is 0.150 e. The van der Waals surface area contributed by atoms with Crippen LogP contribution in [0.3, 0.4) is 0 Å². The van der Waals surface area contributed by atoms with Crippen LogP contribution in [0.5, 0.6) is 0 Å². The SMILES string of the molecule is [CH2]CS(=O)(=O)CCCCCCCC. The first-order valence-corrected chi connectivity index (χ1v) is 6.94. The molecule has 1 radical (unpaired) electrons. The zero-order valence-corrected chi connectivity index (χ0v) is 9.41. The largest absolute Gasteiger partial charge is 0.229 e. The maximum atomic E-state index is 11.0. The molecule has 13 heavy (non-hydrogen) atoms. The van der Waals surface area contributed by atoms with Gasteiger partial charge in [0.05, 0.1) is 11.5 Å². The lowest BCUT2D eigenvalue weighted by Gasteiger charge is -2.00. The molecule has 3 heteroatoms. The van der Waals surface area contributed by atoms with Crippen molar-refractivity contribution in [3.8, 4) is 0 Å². The summed E-state index contributed by atoms with van der Waals surface area (Å²) >= 11 is 0. The van der Waals surface area contributed by atoms with Gasteiger partial charge in [-0.15, -0.1) is 0 Å². The zero-order valence-electron chi connectivity index (χ0n) is 8.59. The molecule has 0 N–H and O–H groups in total. The van der Waals surface area contributed by atoms with Crippen LogP contribution >= 0.6 is 0 Å². The molecular formula is C10H21O2S. The van der Waals surface area contributed by atoms with E-state index in [9.17, 15) is 8.42 Å². The molecule has 0 spiro atoms. The van der Waals surface area contributed by atoms with Crippen molar-refractivity contribution in [2.45, 2.75) is 45.4 Å². The Hall–Kier alpha value is -0.0500. The van der Waals surface area contributed by atoms with E-state index in [0.29, 0.717) is 5.75 Å². The quantitative estimate of drug-likeness (QED) is 0.571. The van der Waals surface area contributed by atoms with Gasteiger partial charge >= 0.3 is 0 Å². The van der Waals surface area contributed by atoms with Crippen LogP contribution in [0.2, 0.25) is 0 Å². The number of unbranched alkanes of at least 4 members (excludes halogenated alkanes) is 5. The first-order valence-electron chi connectivity index (χ1n) is 5.12. The maximum absolute atomic E-state index is 11.0. The molecule has 0 saturated carbocycles. The van der Waals surface area contributed by atoms with Gasteiger partial charge in [0, 0.05) is 0 Å². The van der Waals surface area contributed by atoms with Crippen molar-refractivity contribution in [2.24, 2.45) is 0 Å². The van der Waals surface area contributed by atoms with E-state index in [-0.39, 0.29) is 5.75 Å². The van der Waals surface area contributed by atoms with Crippen LogP contribution in [0.1, 0.15) is 45.4 Å². The Bertz CT molecular complexity index is 195. The summed E-state index contributed by atoms with van der Waals surface area (Å²) in [6, 6.07) is 0. The monoisotopic (exact) mass is 205 g/mol. The van der Waals surface area contributed by atoms with Crippen LogP contribution in [-0.2, 0) is 9.84 Å². The smallest absolute Gasteiger partial charge is 0.150 e. The van der Waals surface area contributed by atoms with Crippen LogP contribution in [0.4, 0.5) is 0 Å². The van der Waals surface area contributed by atoms with E-state index in [1.807, 2.05) is 0 Å². The normalized spacial score (nSPS) is 11.8. The van der Waals surface area contributed by atoms with Gasteiger partial charge in [0.15, 0.2) is 0 Å². The second-order valence-electron chi connectivity index (χ2n) is 3.42. The Kier molecular flexibility index (Phi) is 7.33. The molecule has 0 amide bonds. The lowest BCUT2D eigenvalue weighted by molar-refractivity contribution is 0.586. The summed E-state index contributed by atoms with van der Waals surface area (Å²) in [6.45, 7) is 5.57. The molecule has 0 heterocycles. The molecule has 0 aromatic rings. The molecule has 0 saturated heterocycles. The fourth-order valence-corrected chi connectivity index (χ4v) is 2.05. The van der Waals surface area contributed by atoms with Gasteiger partial charge in [0.2, 0.25) is 0 Å². The van der Waals surface area contributed by atoms with Crippen LogP contribution in [-0.4, -0.2) is 19.9 Å². The summed E-state index contributed by atoms with van der Waals surface area (Å²) in [5.41, 5.74) is 0. The van der Waals surface area contributed by atoms with Gasteiger partial charge in [-0.2, -0.15) is 0 Å². The van der Waals surface area contributed by atoms with Gasteiger partial charge < -0.3 is 0 Å². The molecule has 79 valence electrons. The summed E-state index contributed by atoms with van der Waals surface area (Å²) < 4.78 is 22.1. The van der Waals surface area contributed by atoms with E-state index in [0.717, 1.165) is 12.8 Å². The average molecular weight is 205 g/mol. The van der Waals surface area contributed by atoms with E-state index in [1.165, 1.54) is 25.7 Å². The van der Waals surface area contributed by atoms with Crippen LogP contribution in [0.25, 0.3) is 0 Å². The molecule has 0 unspecified atom stereocenters. The minimum Gasteiger partial charge on any atom is -0.229 e. The van der Waals surface area contributed by atoms with Crippen molar-refractivity contribution in [3.63, 3.8) is 0 Å². The third kappa shape index (κ3) is 8.28. The Labute approximate surface area is 82.6 Å². The number of rotatable bonds is 8. The second kappa shape index (κ2) is 7.36. The zero-order chi connectivity index (χ0) is 10.2. The second-order valence-corrected chi connectivity index (χ2v) is 5.72. The van der Waals surface area contributed by atoms with Crippen molar-refractivity contribution < 1.29 is 8.42 Å². The highest BCUT2D eigenvalue weighted by Gasteiger charge is 2.05. The molecular weight excluding hydrogens is 184 g/mol. The summed E-state index contributed by atoms with van der Waals surface area (Å²) in [5.74, 6) is 0.366. The van der Waals surface area contributed by atoms with Crippen LogP contribution in [0.15, 0.2) is 0 Å². The Morgan fingerprint density at radius 3 is 2.08 bits per heavy atom. The Morgan fingerprint density at radius 2 is 1.54 bits per heavy atom. The molecule has 0 aliphatic heterocycles. The van der Waals surface area contributed by atoms with Crippen molar-refractivity contribution >= 4 is 9.84 Å². The van der Waals surface area contributed by atoms with Gasteiger partial charge in [0.1, 0.15) is 9.84 Å². The van der Waals surface area contributed by atoms with E-state index in [1.54, 1.807) is 0 Å². The van der Waals surface area contributed by atoms with Gasteiger partial charge in [-0.05, 0) is 13.3 Å².